The SMILES string of the molecule is COC(=O)N[C@@H](C(=O)N1CCCC1C1=NCC(Br)N1)c1ccccc1. The van der Waals surface area contributed by atoms with Crippen molar-refractivity contribution in [3.63, 3.8) is 0 Å². The molecule has 8 heteroatoms. The zero-order valence-electron chi connectivity index (χ0n) is 13.9. The average molecular weight is 409 g/mol. The van der Waals surface area contributed by atoms with Crippen molar-refractivity contribution in [2.24, 2.45) is 4.99 Å². The van der Waals surface area contributed by atoms with Crippen molar-refractivity contribution in [1.82, 2.24) is 15.5 Å². The zero-order chi connectivity index (χ0) is 17.8. The van der Waals surface area contributed by atoms with E-state index in [2.05, 4.69) is 31.6 Å². The Morgan fingerprint density at radius 3 is 2.80 bits per heavy atom. The second-order valence-corrected chi connectivity index (χ2v) is 7.11. The second-order valence-electron chi connectivity index (χ2n) is 6.01. The number of carbonyl (C=O) groups is 2. The molecule has 0 aliphatic carbocycles. The van der Waals surface area contributed by atoms with E-state index in [0.717, 1.165) is 24.2 Å². The molecule has 2 heterocycles. The molecule has 0 saturated carbocycles. The fourth-order valence-electron chi connectivity index (χ4n) is 3.22. The number of amides is 2. The van der Waals surface area contributed by atoms with Crippen molar-refractivity contribution in [3.05, 3.63) is 35.9 Å². The third kappa shape index (κ3) is 3.95. The molecule has 2 aliphatic heterocycles. The van der Waals surface area contributed by atoms with Gasteiger partial charge in [0.15, 0.2) is 0 Å². The molecular formula is C17H21BrN4O3. The van der Waals surface area contributed by atoms with E-state index >= 15 is 0 Å². The van der Waals surface area contributed by atoms with Crippen LogP contribution in [0, 0.1) is 0 Å². The third-order valence-electron chi connectivity index (χ3n) is 4.41. The monoisotopic (exact) mass is 408 g/mol. The van der Waals surface area contributed by atoms with Gasteiger partial charge in [0.2, 0.25) is 0 Å². The maximum absolute atomic E-state index is 13.2. The van der Waals surface area contributed by atoms with Crippen LogP contribution in [0.25, 0.3) is 0 Å². The summed E-state index contributed by atoms with van der Waals surface area (Å²) in [5, 5.41) is 5.93. The maximum atomic E-state index is 13.2. The van der Waals surface area contributed by atoms with Gasteiger partial charge in [-0.1, -0.05) is 46.3 Å². The van der Waals surface area contributed by atoms with Crippen LogP contribution >= 0.6 is 15.9 Å². The zero-order valence-corrected chi connectivity index (χ0v) is 15.5. The molecule has 1 saturated heterocycles. The Bertz CT molecular complexity index is 667. The molecule has 0 aromatic heterocycles. The average Bonchev–Trinajstić information content (AvgIpc) is 3.28. The molecule has 0 bridgehead atoms. The molecule has 25 heavy (non-hydrogen) atoms. The van der Waals surface area contributed by atoms with E-state index in [1.54, 1.807) is 4.90 Å². The van der Waals surface area contributed by atoms with Crippen molar-refractivity contribution in [1.29, 1.82) is 0 Å². The van der Waals surface area contributed by atoms with Crippen molar-refractivity contribution in [2.75, 3.05) is 20.2 Å². The first-order valence-electron chi connectivity index (χ1n) is 8.25. The number of alkyl carbamates (subject to hydrolysis) is 1. The summed E-state index contributed by atoms with van der Waals surface area (Å²) >= 11 is 3.49. The number of benzene rings is 1. The fourth-order valence-corrected chi connectivity index (χ4v) is 3.60. The van der Waals surface area contributed by atoms with Crippen LogP contribution in [0.4, 0.5) is 4.79 Å². The van der Waals surface area contributed by atoms with Gasteiger partial charge in [-0.15, -0.1) is 0 Å². The number of aliphatic imine (C=N–C) groups is 1. The molecule has 1 aromatic rings. The maximum Gasteiger partial charge on any atom is 0.407 e. The Hall–Kier alpha value is -2.09. The molecule has 2 amide bonds. The van der Waals surface area contributed by atoms with Gasteiger partial charge >= 0.3 is 6.09 Å². The molecule has 7 nitrogen and oxygen atoms in total. The Kier molecular flexibility index (Phi) is 5.57. The lowest BCUT2D eigenvalue weighted by Crippen LogP contribution is -2.49. The van der Waals surface area contributed by atoms with Gasteiger partial charge in [0.05, 0.1) is 19.7 Å². The first-order valence-corrected chi connectivity index (χ1v) is 9.16. The van der Waals surface area contributed by atoms with E-state index in [1.807, 2.05) is 30.3 Å². The van der Waals surface area contributed by atoms with Crippen LogP contribution in [0.1, 0.15) is 24.4 Å². The van der Waals surface area contributed by atoms with Gasteiger partial charge in [0, 0.05) is 6.54 Å². The molecule has 134 valence electrons. The molecule has 1 aromatic carbocycles. The number of likely N-dealkylation sites (tertiary alicyclic amines) is 1. The van der Waals surface area contributed by atoms with Crippen molar-refractivity contribution in [3.8, 4) is 0 Å². The third-order valence-corrected chi connectivity index (χ3v) is 4.92. The van der Waals surface area contributed by atoms with E-state index in [-0.39, 0.29) is 16.9 Å². The number of halogens is 1. The molecule has 3 atom stereocenters. The van der Waals surface area contributed by atoms with E-state index in [9.17, 15) is 9.59 Å². The lowest BCUT2D eigenvalue weighted by molar-refractivity contribution is -0.133. The predicted octanol–water partition coefficient (Wildman–Crippen LogP) is 1.80. The summed E-state index contributed by atoms with van der Waals surface area (Å²) in [7, 11) is 1.29. The van der Waals surface area contributed by atoms with Gasteiger partial charge < -0.3 is 20.3 Å². The van der Waals surface area contributed by atoms with Crippen LogP contribution in [-0.4, -0.2) is 53.9 Å². The van der Waals surface area contributed by atoms with Gasteiger partial charge in [-0.05, 0) is 18.4 Å². The molecule has 0 spiro atoms. The molecule has 2 unspecified atom stereocenters. The summed E-state index contributed by atoms with van der Waals surface area (Å²) in [4.78, 5) is 31.4. The topological polar surface area (TPSA) is 83.0 Å². The number of hydrogen-bond donors (Lipinski definition) is 2. The first kappa shape index (κ1) is 17.7. The van der Waals surface area contributed by atoms with E-state index < -0.39 is 12.1 Å². The largest absolute Gasteiger partial charge is 0.453 e. The number of ether oxygens (including phenoxy) is 1. The number of alkyl halides is 1. The molecular weight excluding hydrogens is 388 g/mol. The van der Waals surface area contributed by atoms with Crippen LogP contribution in [-0.2, 0) is 9.53 Å². The summed E-state index contributed by atoms with van der Waals surface area (Å²) in [6, 6.07) is 8.33. The summed E-state index contributed by atoms with van der Waals surface area (Å²) in [6.07, 6.45) is 1.13. The van der Waals surface area contributed by atoms with Gasteiger partial charge in [-0.25, -0.2) is 4.79 Å². The van der Waals surface area contributed by atoms with Gasteiger partial charge in [-0.3, -0.25) is 9.79 Å². The minimum absolute atomic E-state index is 0.0827. The van der Waals surface area contributed by atoms with Gasteiger partial charge in [-0.2, -0.15) is 0 Å². The number of carbonyl (C=O) groups excluding carboxylic acids is 2. The van der Waals surface area contributed by atoms with Crippen LogP contribution in [0.3, 0.4) is 0 Å². The standard InChI is InChI=1S/C17H21BrN4O3/c1-25-17(24)21-14(11-6-3-2-4-7-11)16(23)22-9-5-8-12(22)15-19-10-13(18)20-15/h2-4,6-7,12-14H,5,8-10H2,1H3,(H,19,20)(H,21,24)/t12?,13?,14-/m1/s1. The number of rotatable bonds is 4. The minimum atomic E-state index is -0.781. The summed E-state index contributed by atoms with van der Waals surface area (Å²) < 4.78 is 4.69. The highest BCUT2D eigenvalue weighted by atomic mass is 79.9. The lowest BCUT2D eigenvalue weighted by Gasteiger charge is -2.29. The Morgan fingerprint density at radius 2 is 2.16 bits per heavy atom. The van der Waals surface area contributed by atoms with Crippen LogP contribution in [0.5, 0.6) is 0 Å². The number of nitrogens with zero attached hydrogens (tertiary/aromatic N) is 2. The van der Waals surface area contributed by atoms with E-state index in [0.29, 0.717) is 13.1 Å². The summed E-state index contributed by atoms with van der Waals surface area (Å²) in [5.74, 6) is 0.680. The van der Waals surface area contributed by atoms with Gasteiger partial charge in [0.1, 0.15) is 16.8 Å². The quantitative estimate of drug-likeness (QED) is 0.587. The Morgan fingerprint density at radius 1 is 1.40 bits per heavy atom. The predicted molar refractivity (Wildman–Crippen MR) is 97.6 cm³/mol. The number of methoxy groups -OCH3 is 1. The van der Waals surface area contributed by atoms with Gasteiger partial charge in [0.25, 0.3) is 5.91 Å². The van der Waals surface area contributed by atoms with Crippen LogP contribution in [0.15, 0.2) is 35.3 Å². The second kappa shape index (κ2) is 7.86. The van der Waals surface area contributed by atoms with Crippen molar-refractivity contribution >= 4 is 33.8 Å². The molecule has 1 fully saturated rings. The molecule has 2 N–H and O–H groups in total. The highest BCUT2D eigenvalue weighted by Crippen LogP contribution is 2.25. The number of nitrogens with one attached hydrogen (secondary N) is 2. The Balaban J connectivity index is 1.82. The Labute approximate surface area is 154 Å². The van der Waals surface area contributed by atoms with Crippen molar-refractivity contribution in [2.45, 2.75) is 29.9 Å². The normalized spacial score (nSPS) is 23.6. The molecule has 3 rings (SSSR count). The van der Waals surface area contributed by atoms with E-state index in [1.165, 1.54) is 7.11 Å². The highest BCUT2D eigenvalue weighted by molar-refractivity contribution is 9.09. The van der Waals surface area contributed by atoms with E-state index in [4.69, 9.17) is 4.74 Å². The minimum Gasteiger partial charge on any atom is -0.453 e. The summed E-state index contributed by atoms with van der Waals surface area (Å²) in [6.45, 7) is 1.29. The smallest absolute Gasteiger partial charge is 0.407 e. The number of amidine groups is 1. The highest BCUT2D eigenvalue weighted by Gasteiger charge is 2.38. The fraction of sp³-hybridized carbons (Fsp3) is 0.471. The first-order chi connectivity index (χ1) is 12.1. The molecule has 0 radical (unpaired) electrons. The lowest BCUT2D eigenvalue weighted by atomic mass is 10.0. The van der Waals surface area contributed by atoms with Crippen molar-refractivity contribution < 1.29 is 14.3 Å². The van der Waals surface area contributed by atoms with Crippen LogP contribution in [0.2, 0.25) is 0 Å². The summed E-state index contributed by atoms with van der Waals surface area (Å²) in [5.41, 5.74) is 0.725. The number of hydrogen-bond acceptors (Lipinski definition) is 5. The molecule has 2 aliphatic rings. The van der Waals surface area contributed by atoms with Crippen LogP contribution < -0.4 is 10.6 Å².